The normalized spacial score (nSPS) is 29.3. The molecule has 0 saturated heterocycles. The number of carbonyl (C=O) groups excluding carboxylic acids is 1. The van der Waals surface area contributed by atoms with Gasteiger partial charge >= 0.3 is 0 Å². The fraction of sp³-hybridized carbons (Fsp3) is 0.696. The Hall–Kier alpha value is -1.79. The highest BCUT2D eigenvalue weighted by molar-refractivity contribution is 5.81. The molecule has 1 amide bonds. The van der Waals surface area contributed by atoms with Gasteiger partial charge in [0.1, 0.15) is 0 Å². The molecule has 29 heavy (non-hydrogen) atoms. The van der Waals surface area contributed by atoms with Crippen LogP contribution in [-0.4, -0.2) is 40.7 Å². The van der Waals surface area contributed by atoms with Crippen LogP contribution in [0.2, 0.25) is 0 Å². The minimum atomic E-state index is -1.15. The van der Waals surface area contributed by atoms with Crippen LogP contribution in [-0.2, 0) is 16.0 Å². The molecule has 164 valence electrons. The van der Waals surface area contributed by atoms with E-state index in [9.17, 15) is 20.1 Å². The number of aliphatic hydroxyl groups is 1. The van der Waals surface area contributed by atoms with E-state index in [1.807, 2.05) is 13.8 Å². The molecule has 0 spiro atoms. The maximum Gasteiger partial charge on any atom is 0.225 e. The summed E-state index contributed by atoms with van der Waals surface area (Å²) in [7, 11) is 1.55. The van der Waals surface area contributed by atoms with E-state index in [2.05, 4.69) is 26.1 Å². The summed E-state index contributed by atoms with van der Waals surface area (Å²) < 4.78 is 5.46. The van der Waals surface area contributed by atoms with E-state index in [0.717, 1.165) is 18.4 Å². The molecule has 0 heterocycles. The number of phenols is 2. The van der Waals surface area contributed by atoms with E-state index in [0.29, 0.717) is 25.8 Å². The molecule has 2 rings (SSSR count). The van der Waals surface area contributed by atoms with Crippen LogP contribution in [0.3, 0.4) is 0 Å². The second-order valence-electron chi connectivity index (χ2n) is 9.70. The SMILES string of the molecule is CCCC1(C)C(C)(CC(C)(C)C(=O)NCCc2ccc(O)c(O)c2)CC1(O)OC. The van der Waals surface area contributed by atoms with Gasteiger partial charge in [-0.15, -0.1) is 0 Å². The van der Waals surface area contributed by atoms with Gasteiger partial charge in [-0.1, -0.05) is 47.1 Å². The lowest BCUT2D eigenvalue weighted by Gasteiger charge is -2.67. The zero-order chi connectivity index (χ0) is 22.1. The summed E-state index contributed by atoms with van der Waals surface area (Å²) >= 11 is 0. The lowest BCUT2D eigenvalue weighted by Crippen LogP contribution is -2.69. The van der Waals surface area contributed by atoms with Crippen LogP contribution in [0.4, 0.5) is 0 Å². The monoisotopic (exact) mass is 407 g/mol. The number of ether oxygens (including phenoxy) is 1. The van der Waals surface area contributed by atoms with E-state index in [4.69, 9.17) is 4.74 Å². The van der Waals surface area contributed by atoms with E-state index >= 15 is 0 Å². The Morgan fingerprint density at radius 2 is 1.90 bits per heavy atom. The van der Waals surface area contributed by atoms with Gasteiger partial charge in [0.25, 0.3) is 0 Å². The number of rotatable bonds is 9. The number of hydrogen-bond acceptors (Lipinski definition) is 5. The number of aromatic hydroxyl groups is 2. The van der Waals surface area contributed by atoms with Gasteiger partial charge in [-0.05, 0) is 42.4 Å². The van der Waals surface area contributed by atoms with Crippen molar-refractivity contribution in [3.05, 3.63) is 23.8 Å². The molecule has 6 nitrogen and oxygen atoms in total. The molecule has 1 fully saturated rings. The minimum absolute atomic E-state index is 0.0339. The first kappa shape index (κ1) is 23.5. The number of phenolic OH excluding ortho intramolecular Hbond substituents is 2. The predicted molar refractivity (Wildman–Crippen MR) is 113 cm³/mol. The van der Waals surface area contributed by atoms with E-state index in [1.54, 1.807) is 13.2 Å². The smallest absolute Gasteiger partial charge is 0.225 e. The molecule has 1 aliphatic rings. The van der Waals surface area contributed by atoms with Crippen LogP contribution in [0.5, 0.6) is 11.5 Å². The van der Waals surface area contributed by atoms with E-state index < -0.39 is 16.6 Å². The molecule has 0 radical (unpaired) electrons. The third-order valence-electron chi connectivity index (χ3n) is 7.10. The average Bonchev–Trinajstić information content (AvgIpc) is 2.63. The van der Waals surface area contributed by atoms with Crippen LogP contribution in [0.15, 0.2) is 18.2 Å². The standard InChI is InChI=1S/C23H37NO5/c1-7-11-22(5)21(4,15-23(22,28)29-6)14-20(2,3)19(27)24-12-10-16-8-9-17(25)18(26)13-16/h8-9,13,25-26,28H,7,10-12,14-15H2,1-6H3,(H,24,27). The van der Waals surface area contributed by atoms with Gasteiger partial charge in [0.05, 0.1) is 0 Å². The molecule has 0 bridgehead atoms. The molecular weight excluding hydrogens is 370 g/mol. The summed E-state index contributed by atoms with van der Waals surface area (Å²) in [5.74, 6) is -1.49. The number of carbonyl (C=O) groups is 1. The second-order valence-corrected chi connectivity index (χ2v) is 9.70. The number of nitrogens with one attached hydrogen (secondary N) is 1. The Kier molecular flexibility index (Phi) is 6.60. The molecule has 1 aromatic carbocycles. The van der Waals surface area contributed by atoms with Crippen molar-refractivity contribution >= 4 is 5.91 Å². The molecule has 0 aliphatic heterocycles. The van der Waals surface area contributed by atoms with Gasteiger partial charge < -0.3 is 25.4 Å². The summed E-state index contributed by atoms with van der Waals surface area (Å²) in [6, 6.07) is 4.67. The molecule has 1 aliphatic carbocycles. The van der Waals surface area contributed by atoms with E-state index in [-0.39, 0.29) is 22.8 Å². The van der Waals surface area contributed by atoms with Gasteiger partial charge in [-0.3, -0.25) is 4.79 Å². The number of hydrogen-bond donors (Lipinski definition) is 4. The molecule has 1 aromatic rings. The Morgan fingerprint density at radius 3 is 2.45 bits per heavy atom. The van der Waals surface area contributed by atoms with Crippen molar-refractivity contribution in [2.24, 2.45) is 16.2 Å². The van der Waals surface area contributed by atoms with Gasteiger partial charge in [-0.25, -0.2) is 0 Å². The summed E-state index contributed by atoms with van der Waals surface area (Å²) in [5.41, 5.74) is -0.386. The Morgan fingerprint density at radius 1 is 1.24 bits per heavy atom. The van der Waals surface area contributed by atoms with Gasteiger partial charge in [0.2, 0.25) is 5.91 Å². The van der Waals surface area contributed by atoms with Crippen molar-refractivity contribution in [2.45, 2.75) is 72.5 Å². The Balaban J connectivity index is 2.00. The molecule has 3 atom stereocenters. The molecule has 0 aromatic heterocycles. The molecule has 1 saturated carbocycles. The minimum Gasteiger partial charge on any atom is -0.504 e. The highest BCUT2D eigenvalue weighted by atomic mass is 16.6. The maximum absolute atomic E-state index is 12.9. The fourth-order valence-corrected chi connectivity index (χ4v) is 5.18. The quantitative estimate of drug-likeness (QED) is 0.369. The second kappa shape index (κ2) is 8.15. The van der Waals surface area contributed by atoms with Crippen molar-refractivity contribution < 1.29 is 24.9 Å². The third kappa shape index (κ3) is 4.24. The van der Waals surface area contributed by atoms with Crippen LogP contribution < -0.4 is 5.32 Å². The van der Waals surface area contributed by atoms with Crippen LogP contribution in [0.25, 0.3) is 0 Å². The maximum atomic E-state index is 12.9. The molecule has 3 unspecified atom stereocenters. The van der Waals surface area contributed by atoms with Crippen molar-refractivity contribution in [1.29, 1.82) is 0 Å². The number of benzene rings is 1. The third-order valence-corrected chi connectivity index (χ3v) is 7.10. The zero-order valence-corrected chi connectivity index (χ0v) is 18.6. The Labute approximate surface area is 174 Å². The van der Waals surface area contributed by atoms with Crippen LogP contribution in [0, 0.1) is 16.2 Å². The van der Waals surface area contributed by atoms with Gasteiger partial charge in [-0.2, -0.15) is 0 Å². The fourth-order valence-electron chi connectivity index (χ4n) is 5.18. The van der Waals surface area contributed by atoms with Gasteiger partial charge in [0.15, 0.2) is 17.3 Å². The summed E-state index contributed by atoms with van der Waals surface area (Å²) in [6.07, 6.45) is 3.48. The molecular formula is C23H37NO5. The highest BCUT2D eigenvalue weighted by Gasteiger charge is 2.69. The number of methoxy groups -OCH3 is 1. The summed E-state index contributed by atoms with van der Waals surface area (Å²) in [4.78, 5) is 12.9. The Bertz CT molecular complexity index is 749. The van der Waals surface area contributed by atoms with E-state index in [1.165, 1.54) is 12.1 Å². The van der Waals surface area contributed by atoms with Crippen molar-refractivity contribution in [1.82, 2.24) is 5.32 Å². The molecule has 6 heteroatoms. The van der Waals surface area contributed by atoms with Gasteiger partial charge in [0, 0.05) is 30.9 Å². The molecule has 4 N–H and O–H groups in total. The first-order valence-corrected chi connectivity index (χ1v) is 10.4. The topological polar surface area (TPSA) is 99.0 Å². The van der Waals surface area contributed by atoms with Crippen LogP contribution in [0.1, 0.15) is 65.9 Å². The first-order chi connectivity index (χ1) is 13.3. The number of amides is 1. The van der Waals surface area contributed by atoms with Crippen molar-refractivity contribution in [3.8, 4) is 11.5 Å². The highest BCUT2D eigenvalue weighted by Crippen LogP contribution is 2.68. The summed E-state index contributed by atoms with van der Waals surface area (Å²) in [5, 5.41) is 32.9. The predicted octanol–water partition coefficient (Wildman–Crippen LogP) is 3.72. The average molecular weight is 408 g/mol. The lowest BCUT2D eigenvalue weighted by atomic mass is 9.42. The van der Waals surface area contributed by atoms with Crippen molar-refractivity contribution in [3.63, 3.8) is 0 Å². The van der Waals surface area contributed by atoms with Crippen molar-refractivity contribution in [2.75, 3.05) is 13.7 Å². The largest absolute Gasteiger partial charge is 0.504 e. The zero-order valence-electron chi connectivity index (χ0n) is 18.6. The van der Waals surface area contributed by atoms with Crippen LogP contribution >= 0.6 is 0 Å². The summed E-state index contributed by atoms with van der Waals surface area (Å²) in [6.45, 7) is 10.6. The first-order valence-electron chi connectivity index (χ1n) is 10.4. The lowest BCUT2D eigenvalue weighted by molar-refractivity contribution is -0.377.